The fourth-order valence-electron chi connectivity index (χ4n) is 0.853. The minimum atomic E-state index is -0.126. The number of unbranched alkanes of at least 4 members (excludes halogenated alkanes) is 1. The lowest BCUT2D eigenvalue weighted by atomic mass is 10.1. The molecular weight excluding hydrogens is 140 g/mol. The molecule has 0 aromatic heterocycles. The predicted octanol–water partition coefficient (Wildman–Crippen LogP) is 2.09. The van der Waals surface area contributed by atoms with E-state index in [1.54, 1.807) is 0 Å². The molecule has 0 aromatic rings. The Bertz CT molecular complexity index is 91.6. The van der Waals surface area contributed by atoms with Gasteiger partial charge in [-0.3, -0.25) is 0 Å². The maximum absolute atomic E-state index is 9.15. The van der Waals surface area contributed by atoms with Gasteiger partial charge in [0, 0.05) is 0 Å². The van der Waals surface area contributed by atoms with E-state index in [0.29, 0.717) is 0 Å². The molecule has 0 aromatic carbocycles. The molecule has 1 atom stereocenters. The van der Waals surface area contributed by atoms with E-state index in [-0.39, 0.29) is 6.10 Å². The second kappa shape index (κ2) is 7.61. The minimum Gasteiger partial charge on any atom is -0.502 e. The third-order valence-corrected chi connectivity index (χ3v) is 1.64. The highest BCUT2D eigenvalue weighted by atomic mass is 16.5. The van der Waals surface area contributed by atoms with Crippen LogP contribution in [0.2, 0.25) is 0 Å². The van der Waals surface area contributed by atoms with E-state index in [2.05, 4.69) is 6.58 Å². The molecule has 0 aliphatic heterocycles. The molecule has 0 spiro atoms. The van der Waals surface area contributed by atoms with Crippen molar-refractivity contribution < 1.29 is 9.84 Å². The van der Waals surface area contributed by atoms with Crippen LogP contribution in [0.4, 0.5) is 0 Å². The van der Waals surface area contributed by atoms with Crippen LogP contribution >= 0.6 is 0 Å². The summed E-state index contributed by atoms with van der Waals surface area (Å²) in [7, 11) is 0. The zero-order chi connectivity index (χ0) is 8.53. The Hall–Kier alpha value is -0.500. The van der Waals surface area contributed by atoms with Gasteiger partial charge in [-0.05, 0) is 25.7 Å². The van der Waals surface area contributed by atoms with Crippen LogP contribution in [-0.4, -0.2) is 17.8 Å². The van der Waals surface area contributed by atoms with Crippen molar-refractivity contribution in [3.63, 3.8) is 0 Å². The van der Waals surface area contributed by atoms with Gasteiger partial charge in [0.15, 0.2) is 0 Å². The van der Waals surface area contributed by atoms with Crippen LogP contribution in [0.25, 0.3) is 0 Å². The van der Waals surface area contributed by atoms with Crippen LogP contribution in [-0.2, 0) is 4.74 Å². The monoisotopic (exact) mass is 158 g/mol. The highest BCUT2D eigenvalue weighted by molar-refractivity contribution is 4.53. The third kappa shape index (κ3) is 7.40. The molecule has 0 heterocycles. The average molecular weight is 158 g/mol. The van der Waals surface area contributed by atoms with Crippen LogP contribution in [0.3, 0.4) is 0 Å². The summed E-state index contributed by atoms with van der Waals surface area (Å²) >= 11 is 0. The molecular formula is C9H18O2. The molecule has 0 radical (unpaired) electrons. The topological polar surface area (TPSA) is 29.5 Å². The summed E-state index contributed by atoms with van der Waals surface area (Å²) in [4.78, 5) is 0. The van der Waals surface area contributed by atoms with E-state index in [0.717, 1.165) is 32.3 Å². The number of hydrogen-bond acceptors (Lipinski definition) is 2. The van der Waals surface area contributed by atoms with Gasteiger partial charge in [-0.25, -0.2) is 0 Å². The molecule has 2 nitrogen and oxygen atoms in total. The standard InChI is InChI=1S/C9H18O2/c1-3-9(10)7-5-6-8-11-4-2/h4,9-10H,2-3,5-8H2,1H3. The quantitative estimate of drug-likeness (QED) is 0.454. The van der Waals surface area contributed by atoms with E-state index in [1.807, 2.05) is 6.92 Å². The summed E-state index contributed by atoms with van der Waals surface area (Å²) in [6, 6.07) is 0. The highest BCUT2D eigenvalue weighted by Crippen LogP contribution is 2.03. The van der Waals surface area contributed by atoms with E-state index >= 15 is 0 Å². The first-order valence-corrected chi connectivity index (χ1v) is 4.21. The molecule has 11 heavy (non-hydrogen) atoms. The summed E-state index contributed by atoms with van der Waals surface area (Å²) in [5.41, 5.74) is 0. The molecule has 0 amide bonds. The van der Waals surface area contributed by atoms with Crippen molar-refractivity contribution in [1.29, 1.82) is 0 Å². The van der Waals surface area contributed by atoms with Crippen LogP contribution in [0.5, 0.6) is 0 Å². The highest BCUT2D eigenvalue weighted by Gasteiger charge is 1.98. The van der Waals surface area contributed by atoms with Crippen molar-refractivity contribution in [2.24, 2.45) is 0 Å². The van der Waals surface area contributed by atoms with Crippen LogP contribution in [0.15, 0.2) is 12.8 Å². The number of rotatable bonds is 7. The Morgan fingerprint density at radius 1 is 1.55 bits per heavy atom. The van der Waals surface area contributed by atoms with Crippen molar-refractivity contribution in [1.82, 2.24) is 0 Å². The first kappa shape index (κ1) is 10.5. The molecule has 66 valence electrons. The van der Waals surface area contributed by atoms with Crippen molar-refractivity contribution in [2.75, 3.05) is 6.61 Å². The maximum atomic E-state index is 9.15. The SMILES string of the molecule is C=COCCCCC(O)CC. The summed E-state index contributed by atoms with van der Waals surface area (Å²) < 4.78 is 4.93. The fourth-order valence-corrected chi connectivity index (χ4v) is 0.853. The summed E-state index contributed by atoms with van der Waals surface area (Å²) in [6.45, 7) is 6.15. The summed E-state index contributed by atoms with van der Waals surface area (Å²) in [5, 5.41) is 9.15. The molecule has 1 unspecified atom stereocenters. The van der Waals surface area contributed by atoms with Gasteiger partial charge in [0.25, 0.3) is 0 Å². The molecule has 0 saturated carbocycles. The van der Waals surface area contributed by atoms with Gasteiger partial charge >= 0.3 is 0 Å². The molecule has 2 heteroatoms. The smallest absolute Gasteiger partial charge is 0.0873 e. The molecule has 0 bridgehead atoms. The normalized spacial score (nSPS) is 12.5. The van der Waals surface area contributed by atoms with Crippen molar-refractivity contribution in [2.45, 2.75) is 38.7 Å². The Morgan fingerprint density at radius 2 is 2.27 bits per heavy atom. The minimum absolute atomic E-state index is 0.126. The first-order chi connectivity index (χ1) is 5.31. The predicted molar refractivity (Wildman–Crippen MR) is 46.3 cm³/mol. The number of ether oxygens (including phenoxy) is 1. The van der Waals surface area contributed by atoms with Gasteiger partial charge in [0.05, 0.1) is 19.0 Å². The van der Waals surface area contributed by atoms with Gasteiger partial charge in [0.2, 0.25) is 0 Å². The van der Waals surface area contributed by atoms with Crippen LogP contribution in [0.1, 0.15) is 32.6 Å². The van der Waals surface area contributed by atoms with Gasteiger partial charge in [0.1, 0.15) is 0 Å². The molecule has 0 aliphatic rings. The van der Waals surface area contributed by atoms with Gasteiger partial charge < -0.3 is 9.84 Å². The lowest BCUT2D eigenvalue weighted by Gasteiger charge is -2.06. The van der Waals surface area contributed by atoms with Gasteiger partial charge in [-0.1, -0.05) is 13.5 Å². The second-order valence-electron chi connectivity index (χ2n) is 2.60. The Kier molecular flexibility index (Phi) is 7.26. The van der Waals surface area contributed by atoms with Crippen molar-refractivity contribution in [3.05, 3.63) is 12.8 Å². The zero-order valence-corrected chi connectivity index (χ0v) is 7.25. The molecule has 0 aliphatic carbocycles. The molecule has 0 saturated heterocycles. The first-order valence-electron chi connectivity index (χ1n) is 4.21. The molecule has 0 rings (SSSR count). The largest absolute Gasteiger partial charge is 0.502 e. The second-order valence-corrected chi connectivity index (χ2v) is 2.60. The average Bonchev–Trinajstić information content (AvgIpc) is 2.04. The number of aliphatic hydroxyl groups is 1. The summed E-state index contributed by atoms with van der Waals surface area (Å²) in [6.07, 6.45) is 5.10. The van der Waals surface area contributed by atoms with E-state index < -0.39 is 0 Å². The summed E-state index contributed by atoms with van der Waals surface area (Å²) in [5.74, 6) is 0. The Labute approximate surface area is 68.9 Å². The van der Waals surface area contributed by atoms with Gasteiger partial charge in [-0.15, -0.1) is 0 Å². The fraction of sp³-hybridized carbons (Fsp3) is 0.778. The third-order valence-electron chi connectivity index (χ3n) is 1.64. The van der Waals surface area contributed by atoms with Crippen LogP contribution in [0, 0.1) is 0 Å². The van der Waals surface area contributed by atoms with E-state index in [1.165, 1.54) is 6.26 Å². The molecule has 0 fully saturated rings. The lowest BCUT2D eigenvalue weighted by molar-refractivity contribution is 0.151. The van der Waals surface area contributed by atoms with Crippen LogP contribution < -0.4 is 0 Å². The van der Waals surface area contributed by atoms with Crippen molar-refractivity contribution >= 4 is 0 Å². The Balaban J connectivity index is 2.95. The van der Waals surface area contributed by atoms with Crippen molar-refractivity contribution in [3.8, 4) is 0 Å². The number of hydrogen-bond donors (Lipinski definition) is 1. The lowest BCUT2D eigenvalue weighted by Crippen LogP contribution is -2.04. The number of aliphatic hydroxyl groups excluding tert-OH is 1. The maximum Gasteiger partial charge on any atom is 0.0873 e. The van der Waals surface area contributed by atoms with E-state index in [4.69, 9.17) is 9.84 Å². The van der Waals surface area contributed by atoms with Gasteiger partial charge in [-0.2, -0.15) is 0 Å². The molecule has 1 N–H and O–H groups in total. The zero-order valence-electron chi connectivity index (χ0n) is 7.25. The Morgan fingerprint density at radius 3 is 2.82 bits per heavy atom. The van der Waals surface area contributed by atoms with E-state index in [9.17, 15) is 0 Å².